The first-order valence-electron chi connectivity index (χ1n) is 10.8. The molecule has 1 aromatic carbocycles. The van der Waals surface area contributed by atoms with Gasteiger partial charge in [-0.05, 0) is 54.9 Å². The maximum atomic E-state index is 15.1. The lowest BCUT2D eigenvalue weighted by molar-refractivity contribution is 0.0898. The lowest BCUT2D eigenvalue weighted by Crippen LogP contribution is -2.47. The molecule has 0 radical (unpaired) electrons. The molecule has 0 saturated heterocycles. The van der Waals surface area contributed by atoms with Crippen LogP contribution < -0.4 is 20.9 Å². The lowest BCUT2D eigenvalue weighted by atomic mass is 9.98. The maximum Gasteiger partial charge on any atom is 0.334 e. The number of aryl methyl sites for hydroxylation is 1. The van der Waals surface area contributed by atoms with Crippen molar-refractivity contribution in [2.24, 2.45) is 0 Å². The van der Waals surface area contributed by atoms with E-state index in [1.807, 2.05) is 13.0 Å². The molecule has 0 fully saturated rings. The van der Waals surface area contributed by atoms with Gasteiger partial charge in [0.25, 0.3) is 5.88 Å². The SMILES string of the molecule is COc1cc(C(=O)NNC(=O)N[C@H](C)c2ncc(-c3cc(Cl)cc(F)c3-c3ccc(C)s3)cc2F)on1. The van der Waals surface area contributed by atoms with E-state index in [0.29, 0.717) is 21.6 Å². The summed E-state index contributed by atoms with van der Waals surface area (Å²) < 4.78 is 39.6. The van der Waals surface area contributed by atoms with Crippen molar-refractivity contribution in [1.29, 1.82) is 0 Å². The van der Waals surface area contributed by atoms with Gasteiger partial charge in [0, 0.05) is 32.1 Å². The van der Waals surface area contributed by atoms with E-state index in [4.69, 9.17) is 20.9 Å². The van der Waals surface area contributed by atoms with Crippen LogP contribution in [0.15, 0.2) is 47.1 Å². The number of halogens is 3. The molecular formula is C24H20ClF2N5O4S. The fraction of sp³-hybridized carbons (Fsp3) is 0.167. The van der Waals surface area contributed by atoms with Gasteiger partial charge < -0.3 is 14.6 Å². The number of carbonyl (C=O) groups excluding carboxylic acids is 2. The Morgan fingerprint density at radius 1 is 1.14 bits per heavy atom. The summed E-state index contributed by atoms with van der Waals surface area (Å²) in [6.07, 6.45) is 1.38. The van der Waals surface area contributed by atoms with Crippen LogP contribution in [-0.4, -0.2) is 29.2 Å². The van der Waals surface area contributed by atoms with E-state index < -0.39 is 29.6 Å². The molecule has 192 valence electrons. The minimum absolute atomic E-state index is 0.0683. The first-order valence-corrected chi connectivity index (χ1v) is 11.9. The molecule has 3 aromatic heterocycles. The van der Waals surface area contributed by atoms with E-state index in [1.54, 1.807) is 12.1 Å². The van der Waals surface area contributed by atoms with E-state index in [9.17, 15) is 14.0 Å². The normalized spacial score (nSPS) is 11.6. The molecule has 4 rings (SSSR count). The largest absolute Gasteiger partial charge is 0.479 e. The van der Waals surface area contributed by atoms with Crippen LogP contribution in [0.2, 0.25) is 5.02 Å². The molecule has 0 aliphatic rings. The van der Waals surface area contributed by atoms with Gasteiger partial charge in [-0.3, -0.25) is 15.2 Å². The molecule has 0 aliphatic heterocycles. The molecule has 13 heteroatoms. The van der Waals surface area contributed by atoms with E-state index >= 15 is 4.39 Å². The number of thiophene rings is 1. The van der Waals surface area contributed by atoms with E-state index in [2.05, 4.69) is 26.3 Å². The van der Waals surface area contributed by atoms with Gasteiger partial charge >= 0.3 is 11.9 Å². The molecular weight excluding hydrogens is 528 g/mol. The molecule has 0 spiro atoms. The molecule has 3 amide bonds. The zero-order chi connectivity index (χ0) is 26.7. The smallest absolute Gasteiger partial charge is 0.334 e. The van der Waals surface area contributed by atoms with Gasteiger partial charge in [-0.1, -0.05) is 11.6 Å². The quantitative estimate of drug-likeness (QED) is 0.277. The number of nitrogens with one attached hydrogen (secondary N) is 3. The Balaban J connectivity index is 1.48. The number of aromatic nitrogens is 2. The maximum absolute atomic E-state index is 15.1. The zero-order valence-corrected chi connectivity index (χ0v) is 21.3. The Bertz CT molecular complexity index is 1480. The van der Waals surface area contributed by atoms with Crippen molar-refractivity contribution in [2.75, 3.05) is 7.11 Å². The molecule has 37 heavy (non-hydrogen) atoms. The molecule has 0 aliphatic carbocycles. The molecule has 4 aromatic rings. The number of hydrogen-bond donors (Lipinski definition) is 3. The third-order valence-electron chi connectivity index (χ3n) is 5.19. The summed E-state index contributed by atoms with van der Waals surface area (Å²) in [5.41, 5.74) is 5.17. The monoisotopic (exact) mass is 547 g/mol. The Morgan fingerprint density at radius 2 is 1.92 bits per heavy atom. The van der Waals surface area contributed by atoms with Crippen LogP contribution in [0.1, 0.15) is 34.1 Å². The summed E-state index contributed by atoms with van der Waals surface area (Å²) in [4.78, 5) is 30.0. The number of amides is 3. The number of pyridine rings is 1. The van der Waals surface area contributed by atoms with Crippen LogP contribution >= 0.6 is 22.9 Å². The minimum Gasteiger partial charge on any atom is -0.479 e. The fourth-order valence-corrected chi connectivity index (χ4v) is 4.61. The van der Waals surface area contributed by atoms with Gasteiger partial charge in [-0.15, -0.1) is 11.3 Å². The van der Waals surface area contributed by atoms with Gasteiger partial charge in [-0.2, -0.15) is 0 Å². The summed E-state index contributed by atoms with van der Waals surface area (Å²) in [5.74, 6) is -2.14. The number of nitrogens with zero attached hydrogens (tertiary/aromatic N) is 2. The van der Waals surface area contributed by atoms with Crippen LogP contribution in [-0.2, 0) is 0 Å². The van der Waals surface area contributed by atoms with Gasteiger partial charge in [0.2, 0.25) is 5.76 Å². The molecule has 0 unspecified atom stereocenters. The Hall–Kier alpha value is -4.03. The number of urea groups is 1. The van der Waals surface area contributed by atoms with E-state index in [-0.39, 0.29) is 22.4 Å². The van der Waals surface area contributed by atoms with Crippen molar-refractivity contribution in [2.45, 2.75) is 19.9 Å². The number of rotatable bonds is 6. The van der Waals surface area contributed by atoms with Crippen LogP contribution in [0.4, 0.5) is 13.6 Å². The van der Waals surface area contributed by atoms with Crippen LogP contribution in [0.3, 0.4) is 0 Å². The summed E-state index contributed by atoms with van der Waals surface area (Å²) in [6, 6.07) is 7.13. The highest BCUT2D eigenvalue weighted by molar-refractivity contribution is 7.15. The summed E-state index contributed by atoms with van der Waals surface area (Å²) in [5, 5.41) is 6.10. The lowest BCUT2D eigenvalue weighted by Gasteiger charge is -2.16. The van der Waals surface area contributed by atoms with E-state index in [0.717, 1.165) is 4.88 Å². The standard InChI is InChI=1S/C24H20ClF2N5O4S/c1-11-4-5-19(37-11)21-15(7-14(25)8-16(21)26)13-6-17(27)22(28-10-13)12(2)29-24(34)31-30-23(33)18-9-20(35-3)32-36-18/h4-10,12H,1-3H3,(H,30,33)(H2,29,31,34)/t12-/m1/s1. The molecule has 3 N–H and O–H groups in total. The highest BCUT2D eigenvalue weighted by Crippen LogP contribution is 2.40. The molecule has 0 bridgehead atoms. The average molecular weight is 548 g/mol. The molecule has 0 saturated carbocycles. The minimum atomic E-state index is -0.883. The first kappa shape index (κ1) is 26.0. The Kier molecular flexibility index (Phi) is 7.69. The van der Waals surface area contributed by atoms with Crippen molar-refractivity contribution in [1.82, 2.24) is 26.3 Å². The second kappa shape index (κ2) is 10.9. The number of ether oxygens (including phenoxy) is 1. The highest BCUT2D eigenvalue weighted by atomic mass is 35.5. The van der Waals surface area contributed by atoms with Crippen molar-refractivity contribution >= 4 is 34.9 Å². The Morgan fingerprint density at radius 3 is 2.57 bits per heavy atom. The number of methoxy groups -OCH3 is 1. The van der Waals surface area contributed by atoms with Crippen molar-refractivity contribution in [3.8, 4) is 27.4 Å². The molecule has 9 nitrogen and oxygen atoms in total. The predicted molar refractivity (Wildman–Crippen MR) is 133 cm³/mol. The van der Waals surface area contributed by atoms with Crippen LogP contribution in [0.5, 0.6) is 5.88 Å². The third-order valence-corrected chi connectivity index (χ3v) is 6.43. The third kappa shape index (κ3) is 5.87. The topological polar surface area (TPSA) is 118 Å². The van der Waals surface area contributed by atoms with Gasteiger partial charge in [0.15, 0.2) is 0 Å². The Labute approximate surface area is 218 Å². The number of hydrogen-bond acceptors (Lipinski definition) is 7. The molecule has 1 atom stereocenters. The van der Waals surface area contributed by atoms with Gasteiger partial charge in [-0.25, -0.2) is 19.0 Å². The first-order chi connectivity index (χ1) is 17.7. The fourth-order valence-electron chi connectivity index (χ4n) is 3.47. The van der Waals surface area contributed by atoms with Crippen LogP contribution in [0, 0.1) is 18.6 Å². The van der Waals surface area contributed by atoms with Crippen molar-refractivity contribution in [3.05, 3.63) is 75.6 Å². The number of benzene rings is 1. The van der Waals surface area contributed by atoms with E-state index in [1.165, 1.54) is 49.8 Å². The van der Waals surface area contributed by atoms with Crippen molar-refractivity contribution < 1.29 is 27.6 Å². The van der Waals surface area contributed by atoms with Crippen LogP contribution in [0.25, 0.3) is 21.6 Å². The average Bonchev–Trinajstić information content (AvgIpc) is 3.51. The van der Waals surface area contributed by atoms with Gasteiger partial charge in [0.05, 0.1) is 24.9 Å². The van der Waals surface area contributed by atoms with Crippen molar-refractivity contribution in [3.63, 3.8) is 0 Å². The summed E-state index contributed by atoms with van der Waals surface area (Å²) in [6.45, 7) is 3.41. The summed E-state index contributed by atoms with van der Waals surface area (Å²) in [7, 11) is 1.35. The number of carbonyl (C=O) groups is 2. The van der Waals surface area contributed by atoms with Gasteiger partial charge in [0.1, 0.15) is 11.6 Å². The highest BCUT2D eigenvalue weighted by Gasteiger charge is 2.21. The second-order valence-electron chi connectivity index (χ2n) is 7.82. The zero-order valence-electron chi connectivity index (χ0n) is 19.7. The summed E-state index contributed by atoms with van der Waals surface area (Å²) >= 11 is 7.49. The predicted octanol–water partition coefficient (Wildman–Crippen LogP) is 5.42. The molecule has 3 heterocycles. The number of hydrazine groups is 1. The second-order valence-corrected chi connectivity index (χ2v) is 9.54.